The zero-order valence-corrected chi connectivity index (χ0v) is 13.1. The van der Waals surface area contributed by atoms with Crippen molar-refractivity contribution in [3.63, 3.8) is 0 Å². The van der Waals surface area contributed by atoms with Gasteiger partial charge in [-0.25, -0.2) is 0 Å². The molecule has 2 aromatic carbocycles. The first-order valence-electron chi connectivity index (χ1n) is 7.43. The Morgan fingerprint density at radius 1 is 1.05 bits per heavy atom. The van der Waals surface area contributed by atoms with Gasteiger partial charge >= 0.3 is 0 Å². The van der Waals surface area contributed by atoms with E-state index in [4.69, 9.17) is 22.1 Å². The fourth-order valence-corrected chi connectivity index (χ4v) is 2.87. The van der Waals surface area contributed by atoms with Crippen molar-refractivity contribution in [3.05, 3.63) is 65.3 Å². The molecular weight excluding hydrogens is 296 g/mol. The maximum absolute atomic E-state index is 6.10. The van der Waals surface area contributed by atoms with Crippen LogP contribution in [0, 0.1) is 0 Å². The number of aromatic nitrogens is 1. The zero-order valence-electron chi connectivity index (χ0n) is 12.3. The first-order chi connectivity index (χ1) is 10.8. The van der Waals surface area contributed by atoms with Crippen LogP contribution >= 0.6 is 11.6 Å². The van der Waals surface area contributed by atoms with E-state index in [9.17, 15) is 0 Å². The number of nitrogens with zero attached hydrogens (tertiary/aromatic N) is 1. The monoisotopic (exact) mass is 314 g/mol. The zero-order chi connectivity index (χ0) is 15.4. The van der Waals surface area contributed by atoms with Gasteiger partial charge in [0, 0.05) is 17.1 Å². The summed E-state index contributed by atoms with van der Waals surface area (Å²) in [6.45, 7) is 2.00. The number of para-hydroxylation sites is 2. The van der Waals surface area contributed by atoms with E-state index in [1.165, 1.54) is 16.5 Å². The summed E-state index contributed by atoms with van der Waals surface area (Å²) >= 11 is 6.10. The molecule has 114 valence electrons. The predicted molar refractivity (Wildman–Crippen MR) is 91.6 cm³/mol. The average Bonchev–Trinajstić information content (AvgIpc) is 2.88. The molecule has 22 heavy (non-hydrogen) atoms. The highest BCUT2D eigenvalue weighted by atomic mass is 35.5. The lowest BCUT2D eigenvalue weighted by Gasteiger charge is -2.09. The molecule has 0 bridgehead atoms. The largest absolute Gasteiger partial charge is 0.490 e. The molecule has 3 nitrogen and oxygen atoms in total. The predicted octanol–water partition coefficient (Wildman–Crippen LogP) is 3.87. The summed E-state index contributed by atoms with van der Waals surface area (Å²) in [6.07, 6.45) is 3.06. The summed E-state index contributed by atoms with van der Waals surface area (Å²) in [6, 6.07) is 15.9. The maximum atomic E-state index is 6.10. The molecule has 0 amide bonds. The average molecular weight is 315 g/mol. The second-order valence-electron chi connectivity index (χ2n) is 5.18. The second kappa shape index (κ2) is 6.86. The molecule has 1 aromatic heterocycles. The third-order valence-electron chi connectivity index (χ3n) is 3.71. The quantitative estimate of drug-likeness (QED) is 0.750. The van der Waals surface area contributed by atoms with Gasteiger partial charge in [0.15, 0.2) is 0 Å². The van der Waals surface area contributed by atoms with E-state index in [1.807, 2.05) is 24.3 Å². The minimum absolute atomic E-state index is 0.574. The van der Waals surface area contributed by atoms with Crippen LogP contribution in [0.4, 0.5) is 0 Å². The minimum Gasteiger partial charge on any atom is -0.490 e. The number of fused-ring (bicyclic) bond motifs is 1. The first kappa shape index (κ1) is 14.9. The van der Waals surface area contributed by atoms with Gasteiger partial charge in [0.2, 0.25) is 0 Å². The lowest BCUT2D eigenvalue weighted by Crippen LogP contribution is -2.07. The van der Waals surface area contributed by atoms with Crippen molar-refractivity contribution in [2.45, 2.75) is 13.0 Å². The van der Waals surface area contributed by atoms with Crippen LogP contribution in [0.25, 0.3) is 10.9 Å². The van der Waals surface area contributed by atoms with Gasteiger partial charge in [0.1, 0.15) is 12.4 Å². The summed E-state index contributed by atoms with van der Waals surface area (Å²) < 4.78 is 8.00. The second-order valence-corrected chi connectivity index (χ2v) is 5.59. The van der Waals surface area contributed by atoms with E-state index in [0.717, 1.165) is 18.7 Å². The van der Waals surface area contributed by atoms with E-state index in [1.54, 1.807) is 0 Å². The molecular formula is C18H19ClN2O. The number of ether oxygens (including phenoxy) is 1. The smallest absolute Gasteiger partial charge is 0.137 e. The Morgan fingerprint density at radius 2 is 1.82 bits per heavy atom. The number of hydrogen-bond donors (Lipinski definition) is 1. The SMILES string of the molecule is NCCc1cn(CCOc2ccccc2Cl)c2ccccc12. The minimum atomic E-state index is 0.574. The van der Waals surface area contributed by atoms with Crippen LogP contribution in [0.2, 0.25) is 5.02 Å². The van der Waals surface area contributed by atoms with Crippen LogP contribution in [-0.2, 0) is 13.0 Å². The van der Waals surface area contributed by atoms with Gasteiger partial charge in [-0.3, -0.25) is 0 Å². The molecule has 0 aliphatic rings. The van der Waals surface area contributed by atoms with Gasteiger partial charge in [-0.15, -0.1) is 0 Å². The van der Waals surface area contributed by atoms with Crippen LogP contribution < -0.4 is 10.5 Å². The van der Waals surface area contributed by atoms with Crippen molar-refractivity contribution in [1.29, 1.82) is 0 Å². The summed E-state index contributed by atoms with van der Waals surface area (Å²) in [5, 5.41) is 1.91. The standard InChI is InChI=1S/C18H19ClN2O/c19-16-6-2-4-8-18(16)22-12-11-21-13-14(9-10-20)15-5-1-3-7-17(15)21/h1-8,13H,9-12,20H2. The topological polar surface area (TPSA) is 40.2 Å². The van der Waals surface area contributed by atoms with Gasteiger partial charge in [0.05, 0.1) is 11.6 Å². The molecule has 0 unspecified atom stereocenters. The molecule has 0 atom stereocenters. The fraction of sp³-hybridized carbons (Fsp3) is 0.222. The van der Waals surface area contributed by atoms with Crippen molar-refractivity contribution in [3.8, 4) is 5.75 Å². The summed E-state index contributed by atoms with van der Waals surface area (Å²) in [7, 11) is 0. The highest BCUT2D eigenvalue weighted by molar-refractivity contribution is 6.32. The molecule has 0 aliphatic carbocycles. The molecule has 3 aromatic rings. The Bertz CT molecular complexity index is 767. The van der Waals surface area contributed by atoms with Crippen molar-refractivity contribution >= 4 is 22.5 Å². The molecule has 4 heteroatoms. The van der Waals surface area contributed by atoms with Crippen LogP contribution in [0.15, 0.2) is 54.7 Å². The molecule has 0 radical (unpaired) electrons. The summed E-state index contributed by atoms with van der Waals surface area (Å²) in [5.74, 6) is 0.725. The van der Waals surface area contributed by atoms with Crippen LogP contribution in [0.5, 0.6) is 5.75 Å². The van der Waals surface area contributed by atoms with Crippen LogP contribution in [0.1, 0.15) is 5.56 Å². The van der Waals surface area contributed by atoms with Crippen LogP contribution in [0.3, 0.4) is 0 Å². The van der Waals surface area contributed by atoms with Crippen molar-refractivity contribution < 1.29 is 4.74 Å². The Hall–Kier alpha value is -1.97. The highest BCUT2D eigenvalue weighted by Gasteiger charge is 2.07. The Kier molecular flexibility index (Phi) is 4.66. The van der Waals surface area contributed by atoms with Gasteiger partial charge in [0.25, 0.3) is 0 Å². The summed E-state index contributed by atoms with van der Waals surface area (Å²) in [4.78, 5) is 0. The van der Waals surface area contributed by atoms with Crippen molar-refractivity contribution in [1.82, 2.24) is 4.57 Å². The third-order valence-corrected chi connectivity index (χ3v) is 4.02. The number of nitrogens with two attached hydrogens (primary N) is 1. The molecule has 0 aliphatic heterocycles. The Labute approximate surface area is 135 Å². The number of hydrogen-bond acceptors (Lipinski definition) is 2. The van der Waals surface area contributed by atoms with Crippen molar-refractivity contribution in [2.24, 2.45) is 5.73 Å². The molecule has 2 N–H and O–H groups in total. The van der Waals surface area contributed by atoms with E-state index < -0.39 is 0 Å². The van der Waals surface area contributed by atoms with Gasteiger partial charge in [-0.05, 0) is 36.7 Å². The Balaban J connectivity index is 1.75. The summed E-state index contributed by atoms with van der Waals surface area (Å²) in [5.41, 5.74) is 8.21. The van der Waals surface area contributed by atoms with Crippen molar-refractivity contribution in [2.75, 3.05) is 13.2 Å². The van der Waals surface area contributed by atoms with Crippen LogP contribution in [-0.4, -0.2) is 17.7 Å². The molecule has 0 saturated heterocycles. The lowest BCUT2D eigenvalue weighted by molar-refractivity contribution is 0.300. The fourth-order valence-electron chi connectivity index (χ4n) is 2.68. The molecule has 0 spiro atoms. The molecule has 1 heterocycles. The normalized spacial score (nSPS) is 11.0. The number of halogens is 1. The van der Waals surface area contributed by atoms with E-state index in [-0.39, 0.29) is 0 Å². The molecule has 0 saturated carbocycles. The maximum Gasteiger partial charge on any atom is 0.137 e. The van der Waals surface area contributed by atoms with E-state index in [2.05, 4.69) is 35.0 Å². The molecule has 3 rings (SSSR count). The third kappa shape index (κ3) is 3.11. The lowest BCUT2D eigenvalue weighted by atomic mass is 10.1. The first-order valence-corrected chi connectivity index (χ1v) is 7.81. The number of rotatable bonds is 6. The van der Waals surface area contributed by atoms with E-state index >= 15 is 0 Å². The number of benzene rings is 2. The van der Waals surface area contributed by atoms with Gasteiger partial charge in [-0.1, -0.05) is 41.9 Å². The highest BCUT2D eigenvalue weighted by Crippen LogP contribution is 2.24. The van der Waals surface area contributed by atoms with Gasteiger partial charge in [-0.2, -0.15) is 0 Å². The Morgan fingerprint density at radius 3 is 2.64 bits per heavy atom. The molecule has 0 fully saturated rings. The van der Waals surface area contributed by atoms with E-state index in [0.29, 0.717) is 18.2 Å². The van der Waals surface area contributed by atoms with Gasteiger partial charge < -0.3 is 15.0 Å².